The van der Waals surface area contributed by atoms with Gasteiger partial charge in [-0.2, -0.15) is 0 Å². The summed E-state index contributed by atoms with van der Waals surface area (Å²) in [6.45, 7) is 0. The summed E-state index contributed by atoms with van der Waals surface area (Å²) in [6.07, 6.45) is 4.52. The van der Waals surface area contributed by atoms with Gasteiger partial charge in [-0.05, 0) is 6.08 Å². The summed E-state index contributed by atoms with van der Waals surface area (Å²) < 4.78 is 17.8. The first-order valence-corrected chi connectivity index (χ1v) is 4.87. The van der Waals surface area contributed by atoms with Crippen LogP contribution in [0, 0.1) is 0 Å². The van der Waals surface area contributed by atoms with Crippen molar-refractivity contribution >= 4 is 17.2 Å². The molecule has 1 aliphatic carbocycles. The molecule has 1 aromatic heterocycles. The zero-order valence-electron chi connectivity index (χ0n) is 7.41. The van der Waals surface area contributed by atoms with E-state index in [2.05, 4.69) is 5.16 Å². The van der Waals surface area contributed by atoms with Gasteiger partial charge in [0.15, 0.2) is 5.76 Å². The molecule has 2 nitrogen and oxygen atoms in total. The molecule has 0 amide bonds. The van der Waals surface area contributed by atoms with Crippen molar-refractivity contribution in [2.75, 3.05) is 0 Å². The highest BCUT2D eigenvalue weighted by atomic mass is 35.5. The Labute approximate surface area is 86.0 Å². The number of hydrogen-bond donors (Lipinski definition) is 0. The summed E-state index contributed by atoms with van der Waals surface area (Å²) in [5, 5.41) is 3.75. The van der Waals surface area contributed by atoms with Crippen molar-refractivity contribution in [3.05, 3.63) is 35.7 Å². The Morgan fingerprint density at radius 2 is 2.50 bits per heavy atom. The van der Waals surface area contributed by atoms with Crippen LogP contribution < -0.4 is 0 Å². The van der Waals surface area contributed by atoms with Crippen LogP contribution in [0.1, 0.15) is 17.9 Å². The zero-order chi connectivity index (χ0) is 9.97. The van der Waals surface area contributed by atoms with Crippen molar-refractivity contribution in [3.63, 3.8) is 0 Å². The lowest BCUT2D eigenvalue weighted by Gasteiger charge is -2.05. The second-order valence-corrected chi connectivity index (χ2v) is 3.35. The molecule has 1 aromatic rings. The molecule has 1 heterocycles. The Morgan fingerprint density at radius 3 is 3.07 bits per heavy atom. The fourth-order valence-corrected chi connectivity index (χ4v) is 1.41. The molecule has 0 N–H and O–H groups in total. The normalized spacial score (nSPS) is 21.0. The smallest absolute Gasteiger partial charge is 0.166 e. The van der Waals surface area contributed by atoms with Gasteiger partial charge in [-0.1, -0.05) is 17.3 Å². The third kappa shape index (κ3) is 1.87. The van der Waals surface area contributed by atoms with Gasteiger partial charge in [-0.25, -0.2) is 4.39 Å². The third-order valence-electron chi connectivity index (χ3n) is 2.03. The van der Waals surface area contributed by atoms with Gasteiger partial charge in [0.2, 0.25) is 0 Å². The Morgan fingerprint density at radius 1 is 1.64 bits per heavy atom. The van der Waals surface area contributed by atoms with E-state index in [4.69, 9.17) is 16.1 Å². The fraction of sp³-hybridized carbons (Fsp3) is 0.300. The lowest BCUT2D eigenvalue weighted by molar-refractivity contribution is 0.396. The highest BCUT2D eigenvalue weighted by molar-refractivity contribution is 6.16. The molecule has 14 heavy (non-hydrogen) atoms. The van der Waals surface area contributed by atoms with Crippen LogP contribution in [-0.2, 0) is 5.88 Å². The van der Waals surface area contributed by atoms with E-state index >= 15 is 0 Å². The van der Waals surface area contributed by atoms with Crippen molar-refractivity contribution in [2.45, 2.75) is 18.5 Å². The van der Waals surface area contributed by atoms with Gasteiger partial charge >= 0.3 is 0 Å². The Hall–Kier alpha value is -1.09. The predicted molar refractivity (Wildman–Crippen MR) is 52.7 cm³/mol. The Balaban J connectivity index is 2.20. The van der Waals surface area contributed by atoms with Crippen LogP contribution in [0.5, 0.6) is 0 Å². The molecule has 0 bridgehead atoms. The van der Waals surface area contributed by atoms with Crippen molar-refractivity contribution in [1.29, 1.82) is 0 Å². The van der Waals surface area contributed by atoms with Crippen LogP contribution in [0.4, 0.5) is 4.39 Å². The topological polar surface area (TPSA) is 26.0 Å². The molecule has 0 fully saturated rings. The maximum Gasteiger partial charge on any atom is 0.166 e. The zero-order valence-corrected chi connectivity index (χ0v) is 8.17. The van der Waals surface area contributed by atoms with Gasteiger partial charge in [0.1, 0.15) is 6.17 Å². The summed E-state index contributed by atoms with van der Waals surface area (Å²) >= 11 is 5.58. The van der Waals surface area contributed by atoms with Crippen LogP contribution in [0.25, 0.3) is 5.57 Å². The van der Waals surface area contributed by atoms with Gasteiger partial charge in [-0.15, -0.1) is 11.6 Å². The molecule has 0 aromatic carbocycles. The second kappa shape index (κ2) is 3.96. The molecule has 1 aliphatic rings. The fourth-order valence-electron chi connectivity index (χ4n) is 1.29. The molecule has 2 rings (SSSR count). The highest BCUT2D eigenvalue weighted by Gasteiger charge is 2.11. The SMILES string of the molecule is FC1C=CC(c2cc(CCl)no2)=CC1. The van der Waals surface area contributed by atoms with E-state index in [1.54, 1.807) is 18.2 Å². The van der Waals surface area contributed by atoms with E-state index in [9.17, 15) is 4.39 Å². The summed E-state index contributed by atoms with van der Waals surface area (Å²) in [7, 11) is 0. The van der Waals surface area contributed by atoms with E-state index in [1.807, 2.05) is 0 Å². The van der Waals surface area contributed by atoms with Crippen molar-refractivity contribution in [1.82, 2.24) is 5.16 Å². The maximum atomic E-state index is 12.7. The largest absolute Gasteiger partial charge is 0.356 e. The Kier molecular flexibility index (Phi) is 2.68. The molecule has 1 atom stereocenters. The minimum atomic E-state index is -0.880. The van der Waals surface area contributed by atoms with Crippen LogP contribution in [0.3, 0.4) is 0 Å². The molecule has 0 aliphatic heterocycles. The first-order valence-electron chi connectivity index (χ1n) is 4.34. The molecule has 0 spiro atoms. The monoisotopic (exact) mass is 213 g/mol. The minimum absolute atomic E-state index is 0.326. The van der Waals surface area contributed by atoms with E-state index in [0.717, 1.165) is 5.57 Å². The first kappa shape index (κ1) is 9.46. The van der Waals surface area contributed by atoms with E-state index in [-0.39, 0.29) is 0 Å². The molecular weight excluding hydrogens is 205 g/mol. The number of rotatable bonds is 2. The van der Waals surface area contributed by atoms with Crippen molar-refractivity contribution < 1.29 is 8.91 Å². The van der Waals surface area contributed by atoms with Gasteiger partial charge in [0.05, 0.1) is 11.6 Å². The van der Waals surface area contributed by atoms with Crippen molar-refractivity contribution in [2.24, 2.45) is 0 Å². The molecular formula is C10H9ClFNO. The van der Waals surface area contributed by atoms with Gasteiger partial charge in [0, 0.05) is 18.1 Å². The third-order valence-corrected chi connectivity index (χ3v) is 2.30. The highest BCUT2D eigenvalue weighted by Crippen LogP contribution is 2.23. The first-order chi connectivity index (χ1) is 6.79. The Bertz CT molecular complexity index is 383. The van der Waals surface area contributed by atoms with Gasteiger partial charge in [-0.3, -0.25) is 0 Å². The average molecular weight is 214 g/mol. The summed E-state index contributed by atoms with van der Waals surface area (Å²) in [5.41, 5.74) is 1.56. The molecule has 0 saturated heterocycles. The van der Waals surface area contributed by atoms with Gasteiger partial charge in [0.25, 0.3) is 0 Å². The number of nitrogens with zero attached hydrogens (tertiary/aromatic N) is 1. The molecule has 1 unspecified atom stereocenters. The van der Waals surface area contributed by atoms with E-state index in [1.165, 1.54) is 6.08 Å². The lowest BCUT2D eigenvalue weighted by Crippen LogP contribution is -1.97. The van der Waals surface area contributed by atoms with Crippen LogP contribution in [0.15, 0.2) is 28.8 Å². The number of hydrogen-bond acceptors (Lipinski definition) is 2. The average Bonchev–Trinajstić information content (AvgIpc) is 2.67. The number of aromatic nitrogens is 1. The second-order valence-electron chi connectivity index (χ2n) is 3.09. The molecule has 0 saturated carbocycles. The van der Waals surface area contributed by atoms with Crippen LogP contribution >= 0.6 is 11.6 Å². The lowest BCUT2D eigenvalue weighted by atomic mass is 10.0. The number of halogens is 2. The van der Waals surface area contributed by atoms with Crippen molar-refractivity contribution in [3.8, 4) is 0 Å². The van der Waals surface area contributed by atoms with E-state index in [0.29, 0.717) is 23.8 Å². The maximum absolute atomic E-state index is 12.7. The van der Waals surface area contributed by atoms with Gasteiger partial charge < -0.3 is 4.52 Å². The summed E-state index contributed by atoms with van der Waals surface area (Å²) in [4.78, 5) is 0. The molecule has 74 valence electrons. The van der Waals surface area contributed by atoms with E-state index < -0.39 is 6.17 Å². The standard InChI is InChI=1S/C10H9ClFNO/c11-6-9-5-10(14-13-9)7-1-3-8(12)4-2-7/h1-3,5,8H,4,6H2. The van der Waals surface area contributed by atoms with Crippen LogP contribution in [-0.4, -0.2) is 11.3 Å². The van der Waals surface area contributed by atoms with Crippen LogP contribution in [0.2, 0.25) is 0 Å². The summed E-state index contributed by atoms with van der Waals surface area (Å²) in [5.74, 6) is 0.968. The summed E-state index contributed by atoms with van der Waals surface area (Å²) in [6, 6.07) is 1.77. The number of alkyl halides is 2. The molecule has 0 radical (unpaired) electrons. The molecule has 4 heteroatoms. The minimum Gasteiger partial charge on any atom is -0.356 e. The number of allylic oxidation sites excluding steroid dienone is 4. The predicted octanol–water partition coefficient (Wildman–Crippen LogP) is 3.09. The quantitative estimate of drug-likeness (QED) is 0.706.